The molecule has 1 rings (SSSR count). The van der Waals surface area contributed by atoms with Gasteiger partial charge in [-0.2, -0.15) is 0 Å². The van der Waals surface area contributed by atoms with Gasteiger partial charge in [0.1, 0.15) is 0 Å². The Morgan fingerprint density at radius 3 is 2.71 bits per heavy atom. The van der Waals surface area contributed by atoms with Gasteiger partial charge in [-0.15, -0.1) is 0 Å². The minimum atomic E-state index is -0.483. The summed E-state index contributed by atoms with van der Waals surface area (Å²) in [5.74, 6) is 0. The number of nitro benzene ring substituents is 1. The molecular formula is C8H7ClN2O3. The molecule has 0 amide bonds. The highest BCUT2D eigenvalue weighted by molar-refractivity contribution is 6.69. The van der Waals surface area contributed by atoms with Crippen molar-refractivity contribution < 1.29 is 10.1 Å². The van der Waals surface area contributed by atoms with Crippen LogP contribution in [0.5, 0.6) is 0 Å². The van der Waals surface area contributed by atoms with E-state index in [0.29, 0.717) is 11.1 Å². The van der Waals surface area contributed by atoms with Crippen LogP contribution in [0.3, 0.4) is 0 Å². The molecule has 14 heavy (non-hydrogen) atoms. The van der Waals surface area contributed by atoms with Gasteiger partial charge < -0.3 is 5.21 Å². The van der Waals surface area contributed by atoms with Gasteiger partial charge in [-0.3, -0.25) is 10.1 Å². The number of aryl methyl sites for hydroxylation is 1. The van der Waals surface area contributed by atoms with Crippen LogP contribution in [0.25, 0.3) is 0 Å². The van der Waals surface area contributed by atoms with Crippen LogP contribution in [0.4, 0.5) is 5.69 Å². The van der Waals surface area contributed by atoms with Crippen molar-refractivity contribution >= 4 is 22.5 Å². The fourth-order valence-corrected chi connectivity index (χ4v) is 1.16. The van der Waals surface area contributed by atoms with E-state index in [-0.39, 0.29) is 10.9 Å². The maximum atomic E-state index is 10.5. The highest BCUT2D eigenvalue weighted by Crippen LogP contribution is 2.19. The van der Waals surface area contributed by atoms with Crippen molar-refractivity contribution in [1.82, 2.24) is 0 Å². The normalized spacial score (nSPS) is 11.4. The molecule has 0 aliphatic heterocycles. The number of halogens is 1. The summed E-state index contributed by atoms with van der Waals surface area (Å²) in [5.41, 5.74) is 0.919. The van der Waals surface area contributed by atoms with Gasteiger partial charge in [0.05, 0.1) is 4.92 Å². The summed E-state index contributed by atoms with van der Waals surface area (Å²) in [6.07, 6.45) is 0. The van der Waals surface area contributed by atoms with Crippen LogP contribution in [-0.4, -0.2) is 15.3 Å². The Hall–Kier alpha value is -1.62. The summed E-state index contributed by atoms with van der Waals surface area (Å²) in [7, 11) is 0. The first kappa shape index (κ1) is 10.5. The second-order valence-electron chi connectivity index (χ2n) is 2.65. The topological polar surface area (TPSA) is 75.7 Å². The number of rotatable bonds is 2. The van der Waals surface area contributed by atoms with Gasteiger partial charge in [-0.25, -0.2) is 0 Å². The minimum Gasteiger partial charge on any atom is -0.410 e. The molecule has 0 aromatic heterocycles. The minimum absolute atomic E-state index is 0.0103. The van der Waals surface area contributed by atoms with Crippen LogP contribution < -0.4 is 0 Å². The van der Waals surface area contributed by atoms with E-state index in [9.17, 15) is 10.1 Å². The van der Waals surface area contributed by atoms with Gasteiger partial charge in [0.2, 0.25) is 0 Å². The fraction of sp³-hybridized carbons (Fsp3) is 0.125. The van der Waals surface area contributed by atoms with Crippen LogP contribution in [0.1, 0.15) is 11.1 Å². The lowest BCUT2D eigenvalue weighted by atomic mass is 10.1. The molecule has 0 bridgehead atoms. The molecule has 0 aliphatic carbocycles. The molecule has 0 fully saturated rings. The van der Waals surface area contributed by atoms with E-state index in [1.807, 2.05) is 0 Å². The van der Waals surface area contributed by atoms with Crippen molar-refractivity contribution in [3.8, 4) is 0 Å². The summed E-state index contributed by atoms with van der Waals surface area (Å²) in [6.45, 7) is 1.59. The fourth-order valence-electron chi connectivity index (χ4n) is 1.05. The second kappa shape index (κ2) is 4.06. The molecule has 0 aliphatic rings. The number of nitrogens with zero attached hydrogens (tertiary/aromatic N) is 2. The average Bonchev–Trinajstić information content (AvgIpc) is 2.15. The molecule has 1 aromatic rings. The van der Waals surface area contributed by atoms with Gasteiger partial charge in [-0.05, 0) is 19.1 Å². The third-order valence-electron chi connectivity index (χ3n) is 1.72. The molecule has 0 saturated carbocycles. The van der Waals surface area contributed by atoms with Crippen molar-refractivity contribution in [2.75, 3.05) is 0 Å². The Bertz CT molecular complexity index is 404. The van der Waals surface area contributed by atoms with Crippen molar-refractivity contribution in [3.63, 3.8) is 0 Å². The smallest absolute Gasteiger partial charge is 0.272 e. The Morgan fingerprint density at radius 2 is 2.29 bits per heavy atom. The zero-order valence-corrected chi connectivity index (χ0v) is 8.02. The maximum absolute atomic E-state index is 10.5. The summed E-state index contributed by atoms with van der Waals surface area (Å²) in [6, 6.07) is 4.23. The average molecular weight is 215 g/mol. The summed E-state index contributed by atoms with van der Waals surface area (Å²) in [4.78, 5) is 9.98. The molecule has 0 heterocycles. The number of hydrogen-bond donors (Lipinski definition) is 1. The van der Waals surface area contributed by atoms with Crippen LogP contribution in [-0.2, 0) is 0 Å². The van der Waals surface area contributed by atoms with Crippen molar-refractivity contribution in [1.29, 1.82) is 0 Å². The molecule has 6 heteroatoms. The van der Waals surface area contributed by atoms with E-state index >= 15 is 0 Å². The van der Waals surface area contributed by atoms with E-state index in [1.54, 1.807) is 6.92 Å². The Morgan fingerprint density at radius 1 is 1.64 bits per heavy atom. The predicted octanol–water partition coefficient (Wildman–Crippen LogP) is 2.28. The number of hydrogen-bond acceptors (Lipinski definition) is 4. The number of nitro groups is 1. The molecule has 0 atom stereocenters. The summed E-state index contributed by atoms with van der Waals surface area (Å²) >= 11 is 5.52. The van der Waals surface area contributed by atoms with Gasteiger partial charge >= 0.3 is 0 Å². The van der Waals surface area contributed by atoms with Crippen LogP contribution in [0, 0.1) is 17.0 Å². The molecule has 0 saturated heterocycles. The Balaban J connectivity index is 3.19. The number of benzene rings is 1. The van der Waals surface area contributed by atoms with Gasteiger partial charge in [0.15, 0.2) is 5.17 Å². The van der Waals surface area contributed by atoms with E-state index in [2.05, 4.69) is 5.16 Å². The predicted molar refractivity (Wildman–Crippen MR) is 52.0 cm³/mol. The molecule has 1 N–H and O–H groups in total. The molecule has 74 valence electrons. The highest BCUT2D eigenvalue weighted by atomic mass is 35.5. The van der Waals surface area contributed by atoms with Crippen molar-refractivity contribution in [2.45, 2.75) is 6.92 Å². The molecule has 0 unspecified atom stereocenters. The van der Waals surface area contributed by atoms with E-state index in [4.69, 9.17) is 16.8 Å². The third kappa shape index (κ3) is 2.00. The Labute approximate surface area is 84.8 Å². The standard InChI is InChI=1S/C8H7ClN2O3/c1-5-4-6(8(9)10-12)2-3-7(5)11(13)14/h2-4,12H,1H3/b10-8-. The third-order valence-corrected chi connectivity index (χ3v) is 2.01. The molecule has 5 nitrogen and oxygen atoms in total. The monoisotopic (exact) mass is 214 g/mol. The van der Waals surface area contributed by atoms with Crippen LogP contribution >= 0.6 is 11.6 Å². The van der Waals surface area contributed by atoms with Gasteiger partial charge in [-0.1, -0.05) is 16.8 Å². The molecule has 0 radical (unpaired) electrons. The molecule has 1 aromatic carbocycles. The van der Waals surface area contributed by atoms with Crippen LogP contribution in [0.15, 0.2) is 23.4 Å². The van der Waals surface area contributed by atoms with Crippen molar-refractivity contribution in [2.24, 2.45) is 5.16 Å². The maximum Gasteiger partial charge on any atom is 0.272 e. The zero-order chi connectivity index (χ0) is 10.7. The Kier molecular flexibility index (Phi) is 3.03. The van der Waals surface area contributed by atoms with Crippen molar-refractivity contribution in [3.05, 3.63) is 39.4 Å². The number of oxime groups is 1. The second-order valence-corrected chi connectivity index (χ2v) is 3.01. The zero-order valence-electron chi connectivity index (χ0n) is 7.27. The van der Waals surface area contributed by atoms with Gasteiger partial charge in [0.25, 0.3) is 5.69 Å². The van der Waals surface area contributed by atoms with Gasteiger partial charge in [0, 0.05) is 17.2 Å². The van der Waals surface area contributed by atoms with E-state index in [0.717, 1.165) is 0 Å². The summed E-state index contributed by atoms with van der Waals surface area (Å²) < 4.78 is 0. The SMILES string of the molecule is Cc1cc(/C(Cl)=N/O)ccc1[N+](=O)[O-]. The highest BCUT2D eigenvalue weighted by Gasteiger charge is 2.11. The van der Waals surface area contributed by atoms with Crippen LogP contribution in [0.2, 0.25) is 0 Å². The first-order valence-electron chi connectivity index (χ1n) is 3.69. The lowest BCUT2D eigenvalue weighted by Crippen LogP contribution is -1.96. The largest absolute Gasteiger partial charge is 0.410 e. The quantitative estimate of drug-likeness (QED) is 0.355. The molecule has 0 spiro atoms. The summed E-state index contributed by atoms with van der Waals surface area (Å²) in [5, 5.41) is 21.5. The first-order chi connectivity index (χ1) is 6.56. The van der Waals surface area contributed by atoms with E-state index < -0.39 is 4.92 Å². The first-order valence-corrected chi connectivity index (χ1v) is 4.07. The van der Waals surface area contributed by atoms with E-state index in [1.165, 1.54) is 18.2 Å². The lowest BCUT2D eigenvalue weighted by molar-refractivity contribution is -0.385. The lowest BCUT2D eigenvalue weighted by Gasteiger charge is -1.99. The molecular weight excluding hydrogens is 208 g/mol.